The van der Waals surface area contributed by atoms with E-state index in [1.54, 1.807) is 24.3 Å². The third-order valence-corrected chi connectivity index (χ3v) is 3.70. The van der Waals surface area contributed by atoms with Crippen LogP contribution in [0.5, 0.6) is 11.6 Å². The lowest BCUT2D eigenvalue weighted by atomic mass is 10.2. The molecular formula is C13H14N2O3S. The molecule has 1 heterocycles. The number of nitrogen functional groups attached to an aromatic ring is 1. The third-order valence-electron chi connectivity index (χ3n) is 2.59. The normalized spacial score (nSPS) is 11.3. The van der Waals surface area contributed by atoms with Gasteiger partial charge in [-0.3, -0.25) is 0 Å². The molecule has 19 heavy (non-hydrogen) atoms. The Labute approximate surface area is 112 Å². The highest BCUT2D eigenvalue weighted by Gasteiger charge is 2.15. The Balaban J connectivity index is 2.41. The number of sulfone groups is 1. The minimum absolute atomic E-state index is 0.0597. The van der Waals surface area contributed by atoms with Gasteiger partial charge in [0.15, 0.2) is 9.84 Å². The maximum Gasteiger partial charge on any atom is 0.238 e. The van der Waals surface area contributed by atoms with Crippen molar-refractivity contribution in [3.63, 3.8) is 0 Å². The summed E-state index contributed by atoms with van der Waals surface area (Å²) < 4.78 is 28.8. The molecule has 5 nitrogen and oxygen atoms in total. The molecule has 0 saturated heterocycles. The second kappa shape index (κ2) is 4.89. The first kappa shape index (κ1) is 13.4. The summed E-state index contributed by atoms with van der Waals surface area (Å²) in [7, 11) is -3.38. The lowest BCUT2D eigenvalue weighted by molar-refractivity contribution is 0.447. The zero-order valence-corrected chi connectivity index (χ0v) is 11.4. The number of nitrogens with two attached hydrogens (primary N) is 1. The molecule has 0 unspecified atom stereocenters. The minimum Gasteiger partial charge on any atom is -0.438 e. The lowest BCUT2D eigenvalue weighted by Gasteiger charge is -2.09. The van der Waals surface area contributed by atoms with Crippen LogP contribution in [0, 0.1) is 6.92 Å². The average molecular weight is 278 g/mol. The number of hydrogen-bond donors (Lipinski definition) is 1. The van der Waals surface area contributed by atoms with Crippen LogP contribution in [0.25, 0.3) is 0 Å². The topological polar surface area (TPSA) is 82.3 Å². The Morgan fingerprint density at radius 3 is 2.63 bits per heavy atom. The van der Waals surface area contributed by atoms with E-state index in [-0.39, 0.29) is 10.8 Å². The molecule has 1 aromatic carbocycles. The number of nitrogens with zero attached hydrogens (tertiary/aromatic N) is 1. The fraction of sp³-hybridized carbons (Fsp3) is 0.154. The van der Waals surface area contributed by atoms with Gasteiger partial charge in [0.1, 0.15) is 10.6 Å². The summed E-state index contributed by atoms with van der Waals surface area (Å²) in [6.45, 7) is 1.85. The van der Waals surface area contributed by atoms with Crippen molar-refractivity contribution in [2.24, 2.45) is 0 Å². The van der Waals surface area contributed by atoms with Gasteiger partial charge in [0.05, 0.1) is 0 Å². The molecule has 2 aromatic rings. The van der Waals surface area contributed by atoms with Crippen molar-refractivity contribution in [3.05, 3.63) is 42.1 Å². The smallest absolute Gasteiger partial charge is 0.238 e. The summed E-state index contributed by atoms with van der Waals surface area (Å²) >= 11 is 0. The molecule has 2 N–H and O–H groups in total. The number of hydrogen-bond acceptors (Lipinski definition) is 5. The summed E-state index contributed by atoms with van der Waals surface area (Å²) in [4.78, 5) is 4.02. The molecule has 0 amide bonds. The van der Waals surface area contributed by atoms with Gasteiger partial charge in [-0.2, -0.15) is 0 Å². The number of pyridine rings is 1. The Morgan fingerprint density at radius 2 is 2.00 bits per heavy atom. The van der Waals surface area contributed by atoms with Crippen LogP contribution in [0.15, 0.2) is 41.4 Å². The van der Waals surface area contributed by atoms with E-state index in [1.807, 2.05) is 6.92 Å². The molecule has 0 radical (unpaired) electrons. The number of ether oxygens (including phenoxy) is 1. The van der Waals surface area contributed by atoms with E-state index in [2.05, 4.69) is 4.98 Å². The van der Waals surface area contributed by atoms with Crippen LogP contribution in [-0.2, 0) is 9.84 Å². The first-order chi connectivity index (χ1) is 8.88. The molecule has 0 aliphatic carbocycles. The molecule has 0 atom stereocenters. The van der Waals surface area contributed by atoms with Crippen LogP contribution in [0.2, 0.25) is 0 Å². The van der Waals surface area contributed by atoms with Crippen LogP contribution in [-0.4, -0.2) is 19.7 Å². The highest BCUT2D eigenvalue weighted by atomic mass is 32.2. The molecule has 100 valence electrons. The number of anilines is 1. The predicted octanol–water partition coefficient (Wildman–Crippen LogP) is 2.17. The lowest BCUT2D eigenvalue weighted by Crippen LogP contribution is -2.02. The molecule has 2 rings (SSSR count). The van der Waals surface area contributed by atoms with E-state index in [1.165, 1.54) is 12.3 Å². The summed E-state index contributed by atoms with van der Waals surface area (Å²) in [5.41, 5.74) is 7.22. The average Bonchev–Trinajstić information content (AvgIpc) is 2.33. The molecule has 0 bridgehead atoms. The van der Waals surface area contributed by atoms with Gasteiger partial charge in [-0.05, 0) is 42.8 Å². The third kappa shape index (κ3) is 3.03. The molecule has 0 fully saturated rings. The van der Waals surface area contributed by atoms with Gasteiger partial charge >= 0.3 is 0 Å². The van der Waals surface area contributed by atoms with E-state index >= 15 is 0 Å². The maximum atomic E-state index is 11.6. The zero-order chi connectivity index (χ0) is 14.0. The van der Waals surface area contributed by atoms with Gasteiger partial charge in [-0.25, -0.2) is 13.4 Å². The Morgan fingerprint density at radius 1 is 1.26 bits per heavy atom. The first-order valence-corrected chi connectivity index (χ1v) is 7.46. The molecule has 0 spiro atoms. The van der Waals surface area contributed by atoms with E-state index in [4.69, 9.17) is 10.5 Å². The van der Waals surface area contributed by atoms with E-state index in [9.17, 15) is 8.42 Å². The monoisotopic (exact) mass is 278 g/mol. The summed E-state index contributed by atoms with van der Waals surface area (Å²) in [6, 6.07) is 8.12. The minimum atomic E-state index is -3.38. The van der Waals surface area contributed by atoms with Crippen LogP contribution < -0.4 is 10.5 Å². The number of rotatable bonds is 3. The van der Waals surface area contributed by atoms with Gasteiger partial charge < -0.3 is 10.5 Å². The second-order valence-electron chi connectivity index (χ2n) is 4.20. The number of aromatic nitrogens is 1. The van der Waals surface area contributed by atoms with E-state index in [0.29, 0.717) is 11.4 Å². The summed E-state index contributed by atoms with van der Waals surface area (Å²) in [5.74, 6) is 0.560. The SMILES string of the molecule is Cc1cc(Oc2ncccc2S(C)(=O)=O)ccc1N. The zero-order valence-electron chi connectivity index (χ0n) is 10.6. The number of aryl methyl sites for hydroxylation is 1. The summed E-state index contributed by atoms with van der Waals surface area (Å²) in [6.07, 6.45) is 2.60. The van der Waals surface area contributed by atoms with Crippen LogP contribution >= 0.6 is 0 Å². The fourth-order valence-electron chi connectivity index (χ4n) is 1.56. The van der Waals surface area contributed by atoms with E-state index < -0.39 is 9.84 Å². The van der Waals surface area contributed by atoms with Crippen LogP contribution in [0.1, 0.15) is 5.56 Å². The van der Waals surface area contributed by atoms with Crippen molar-refractivity contribution >= 4 is 15.5 Å². The van der Waals surface area contributed by atoms with Crippen molar-refractivity contribution in [3.8, 4) is 11.6 Å². The second-order valence-corrected chi connectivity index (χ2v) is 6.18. The van der Waals surface area contributed by atoms with E-state index in [0.717, 1.165) is 11.8 Å². The van der Waals surface area contributed by atoms with Crippen LogP contribution in [0.4, 0.5) is 5.69 Å². The van der Waals surface area contributed by atoms with Crippen molar-refractivity contribution < 1.29 is 13.2 Å². The Kier molecular flexibility index (Phi) is 3.44. The fourth-order valence-corrected chi connectivity index (χ4v) is 2.30. The highest BCUT2D eigenvalue weighted by Crippen LogP contribution is 2.27. The highest BCUT2D eigenvalue weighted by molar-refractivity contribution is 7.90. The molecular weight excluding hydrogens is 264 g/mol. The van der Waals surface area contributed by atoms with Gasteiger partial charge in [-0.1, -0.05) is 0 Å². The van der Waals surface area contributed by atoms with Crippen molar-refractivity contribution in [2.45, 2.75) is 11.8 Å². The van der Waals surface area contributed by atoms with Crippen molar-refractivity contribution in [1.29, 1.82) is 0 Å². The largest absolute Gasteiger partial charge is 0.438 e. The molecule has 0 aliphatic heterocycles. The molecule has 0 aliphatic rings. The quantitative estimate of drug-likeness (QED) is 0.870. The summed E-state index contributed by atoms with van der Waals surface area (Å²) in [5, 5.41) is 0. The molecule has 0 saturated carbocycles. The Bertz CT molecular complexity index is 712. The predicted molar refractivity (Wildman–Crippen MR) is 73.0 cm³/mol. The standard InChI is InChI=1S/C13H14N2O3S/c1-9-8-10(5-6-11(9)14)18-13-12(19(2,16)17)4-3-7-15-13/h3-8H,14H2,1-2H3. The van der Waals surface area contributed by atoms with Crippen molar-refractivity contribution in [1.82, 2.24) is 4.98 Å². The first-order valence-electron chi connectivity index (χ1n) is 5.57. The van der Waals surface area contributed by atoms with Gasteiger partial charge in [0.25, 0.3) is 0 Å². The van der Waals surface area contributed by atoms with Crippen molar-refractivity contribution in [2.75, 3.05) is 12.0 Å². The Hall–Kier alpha value is -2.08. The molecule has 6 heteroatoms. The molecule has 1 aromatic heterocycles. The van der Waals surface area contributed by atoms with Gasteiger partial charge in [0, 0.05) is 18.1 Å². The maximum absolute atomic E-state index is 11.6. The van der Waals surface area contributed by atoms with Crippen LogP contribution in [0.3, 0.4) is 0 Å². The van der Waals surface area contributed by atoms with Gasteiger partial charge in [0.2, 0.25) is 5.88 Å². The number of benzene rings is 1. The van der Waals surface area contributed by atoms with Gasteiger partial charge in [-0.15, -0.1) is 0 Å².